The first-order chi connectivity index (χ1) is 20.0. The first kappa shape index (κ1) is 32.0. The third-order valence-corrected chi connectivity index (χ3v) is 8.67. The van der Waals surface area contributed by atoms with E-state index < -0.39 is 11.9 Å². The fourth-order valence-electron chi connectivity index (χ4n) is 6.21. The zero-order chi connectivity index (χ0) is 30.3. The Hall–Kier alpha value is -3.97. The van der Waals surface area contributed by atoms with Crippen LogP contribution in [0.1, 0.15) is 98.4 Å². The number of carboxylic acids is 2. The number of carbonyl (C=O) groups excluding carboxylic acids is 2. The fraction of sp³-hybridized carbons (Fsp3) is 0.353. The van der Waals surface area contributed by atoms with E-state index in [0.29, 0.717) is 5.69 Å². The molecule has 0 amide bonds. The molecular formula is C34H36N4NiO4. The number of H-pyrrole nitrogens is 2. The molecule has 226 valence electrons. The zero-order valence-electron chi connectivity index (χ0n) is 25.4. The van der Waals surface area contributed by atoms with Gasteiger partial charge in [-0.2, -0.15) is 0 Å². The Morgan fingerprint density at radius 3 is 1.63 bits per heavy atom. The first-order valence-electron chi connectivity index (χ1n) is 14.6. The molecule has 0 spiro atoms. The van der Waals surface area contributed by atoms with Crippen LogP contribution < -0.4 is 10.2 Å². The van der Waals surface area contributed by atoms with Crippen molar-refractivity contribution in [1.82, 2.24) is 19.9 Å². The number of rotatable bonds is 8. The zero-order valence-corrected chi connectivity index (χ0v) is 26.4. The van der Waals surface area contributed by atoms with E-state index in [4.69, 9.17) is 9.97 Å². The van der Waals surface area contributed by atoms with Crippen LogP contribution in [0.25, 0.3) is 44.4 Å². The summed E-state index contributed by atoms with van der Waals surface area (Å²) in [5.41, 5.74) is 14.9. The molecule has 5 heterocycles. The summed E-state index contributed by atoms with van der Waals surface area (Å²) in [7, 11) is 0. The van der Waals surface area contributed by atoms with E-state index in [1.165, 1.54) is 5.56 Å². The molecule has 2 aliphatic rings. The molecule has 0 saturated heterocycles. The van der Waals surface area contributed by atoms with Gasteiger partial charge in [0.25, 0.3) is 0 Å². The summed E-state index contributed by atoms with van der Waals surface area (Å²) in [6.07, 6.45) is 1.98. The van der Waals surface area contributed by atoms with Gasteiger partial charge in [-0.25, -0.2) is 9.97 Å². The molecule has 3 aromatic heterocycles. The van der Waals surface area contributed by atoms with Crippen LogP contribution in [0, 0.1) is 13.8 Å². The minimum atomic E-state index is -1.12. The smallest absolute Gasteiger partial charge is 0.550 e. The van der Waals surface area contributed by atoms with E-state index in [9.17, 15) is 19.8 Å². The van der Waals surface area contributed by atoms with Crippen molar-refractivity contribution in [3.63, 3.8) is 0 Å². The minimum Gasteiger partial charge on any atom is -0.550 e. The average Bonchev–Trinajstić information content (AvgIpc) is 3.59. The Morgan fingerprint density at radius 1 is 0.628 bits per heavy atom. The second-order valence-electron chi connectivity index (χ2n) is 11.1. The molecule has 0 aliphatic carbocycles. The van der Waals surface area contributed by atoms with Gasteiger partial charge in [-0.3, -0.25) is 0 Å². The van der Waals surface area contributed by atoms with E-state index >= 15 is 0 Å². The van der Waals surface area contributed by atoms with Crippen LogP contribution in [0.3, 0.4) is 0 Å². The number of hydrogen-bond donors (Lipinski definition) is 2. The molecule has 0 aromatic carbocycles. The van der Waals surface area contributed by atoms with Crippen LogP contribution in [-0.4, -0.2) is 31.9 Å². The van der Waals surface area contributed by atoms with Crippen LogP contribution in [0.5, 0.6) is 0 Å². The maximum absolute atomic E-state index is 11.4. The molecule has 0 fully saturated rings. The second-order valence-corrected chi connectivity index (χ2v) is 11.1. The van der Waals surface area contributed by atoms with Crippen molar-refractivity contribution in [3.8, 4) is 0 Å². The number of hydrogen-bond acceptors (Lipinski definition) is 6. The number of nitrogens with one attached hydrogen (secondary N) is 2. The topological polar surface area (TPSA) is 138 Å². The van der Waals surface area contributed by atoms with Crippen molar-refractivity contribution in [2.24, 2.45) is 0 Å². The Balaban J connectivity index is 0.00000423. The summed E-state index contributed by atoms with van der Waals surface area (Å²) >= 11 is 0. The van der Waals surface area contributed by atoms with Crippen LogP contribution in [0.4, 0.5) is 0 Å². The Labute approximate surface area is 261 Å². The molecule has 3 aromatic rings. The minimum absolute atomic E-state index is 0. The summed E-state index contributed by atoms with van der Waals surface area (Å²) in [5.74, 6) is -2.24. The number of fused-ring (bicyclic) bond motifs is 8. The molecule has 8 nitrogen and oxygen atoms in total. The standard InChI is InChI=1S/C34H38N4O4.Ni/c1-7-21-17(3)25-13-26-19(5)23(9-11-33(39)40)31(37-26)16-32-24(10-12-34(41)42)20(6)28(38-32)15-30-22(8-2)18(4)27(36-30)14-29(21)35-25;/h13-16,35,38H,7-12H2,1-6H3,(H,39,40)(H,41,42);/q;+2/p-2. The quantitative estimate of drug-likeness (QED) is 0.340. The van der Waals surface area contributed by atoms with Gasteiger partial charge < -0.3 is 29.8 Å². The average molecular weight is 623 g/mol. The molecule has 0 saturated carbocycles. The van der Waals surface area contributed by atoms with Gasteiger partial charge in [0.15, 0.2) is 0 Å². The van der Waals surface area contributed by atoms with E-state index in [1.54, 1.807) is 0 Å². The van der Waals surface area contributed by atoms with Crippen molar-refractivity contribution in [1.29, 1.82) is 0 Å². The number of allylic oxidation sites excluding steroid dienone is 4. The van der Waals surface area contributed by atoms with Crippen molar-refractivity contribution in [2.75, 3.05) is 0 Å². The van der Waals surface area contributed by atoms with Crippen LogP contribution in [0.15, 0.2) is 24.3 Å². The fourth-order valence-corrected chi connectivity index (χ4v) is 6.21. The number of aromatic nitrogens is 4. The molecule has 8 bridgehead atoms. The van der Waals surface area contributed by atoms with Gasteiger partial charge in [-0.05, 0) is 135 Å². The molecule has 5 rings (SSSR count). The number of carbonyl (C=O) groups is 2. The predicted octanol–water partition coefficient (Wildman–Crippen LogP) is 4.98. The Kier molecular flexibility index (Phi) is 9.45. The summed E-state index contributed by atoms with van der Waals surface area (Å²) < 4.78 is 0. The van der Waals surface area contributed by atoms with E-state index in [-0.39, 0.29) is 42.2 Å². The van der Waals surface area contributed by atoms with Gasteiger partial charge in [-0.1, -0.05) is 13.8 Å². The van der Waals surface area contributed by atoms with Gasteiger partial charge in [0.1, 0.15) is 0 Å². The third-order valence-electron chi connectivity index (χ3n) is 8.67. The molecule has 0 radical (unpaired) electrons. The predicted molar refractivity (Wildman–Crippen MR) is 163 cm³/mol. The second kappa shape index (κ2) is 12.7. The van der Waals surface area contributed by atoms with Crippen LogP contribution in [-0.2, 0) is 38.9 Å². The van der Waals surface area contributed by atoms with Crippen molar-refractivity contribution in [3.05, 3.63) is 69.3 Å². The van der Waals surface area contributed by atoms with Gasteiger partial charge in [0, 0.05) is 34.0 Å². The van der Waals surface area contributed by atoms with Crippen molar-refractivity contribution in [2.45, 2.75) is 80.1 Å². The monoisotopic (exact) mass is 622 g/mol. The van der Waals surface area contributed by atoms with E-state index in [1.807, 2.05) is 32.0 Å². The van der Waals surface area contributed by atoms with Gasteiger partial charge in [0.2, 0.25) is 0 Å². The van der Waals surface area contributed by atoms with Gasteiger partial charge in [-0.15, -0.1) is 0 Å². The number of nitrogens with zero attached hydrogens (tertiary/aromatic N) is 2. The molecule has 2 N–H and O–H groups in total. The Bertz CT molecular complexity index is 1860. The largest absolute Gasteiger partial charge is 2.00 e. The van der Waals surface area contributed by atoms with Crippen LogP contribution >= 0.6 is 0 Å². The molecule has 0 atom stereocenters. The molecule has 0 unspecified atom stereocenters. The van der Waals surface area contributed by atoms with E-state index in [2.05, 4.69) is 43.7 Å². The van der Waals surface area contributed by atoms with E-state index in [0.717, 1.165) is 91.0 Å². The molecule has 43 heavy (non-hydrogen) atoms. The number of aliphatic carboxylic acids is 2. The maximum atomic E-state index is 11.4. The summed E-state index contributed by atoms with van der Waals surface area (Å²) in [5, 5.41) is 22.8. The summed E-state index contributed by atoms with van der Waals surface area (Å²) in [6.45, 7) is 12.4. The SMILES string of the molecule is CCC1=C(C)c2cc3[nH]c(cc4nc(cc5[nH]c(cc1n2)c(C)c5CCC(=O)[O-])C(CCC(=O)[O-])=C4C)c(C)c3CC.[Ni+2]. The Morgan fingerprint density at radius 2 is 1.07 bits per heavy atom. The van der Waals surface area contributed by atoms with Crippen molar-refractivity contribution >= 4 is 56.3 Å². The maximum Gasteiger partial charge on any atom is 2.00 e. The number of aryl methyl sites for hydroxylation is 4. The first-order valence-corrected chi connectivity index (χ1v) is 14.6. The number of aromatic amines is 2. The van der Waals surface area contributed by atoms with Gasteiger partial charge >= 0.3 is 16.5 Å². The molecule has 2 aliphatic heterocycles. The molecule has 9 heteroatoms. The van der Waals surface area contributed by atoms with Crippen molar-refractivity contribution < 1.29 is 36.3 Å². The van der Waals surface area contributed by atoms with Gasteiger partial charge in [0.05, 0.1) is 22.8 Å². The molecular weight excluding hydrogens is 587 g/mol. The summed E-state index contributed by atoms with van der Waals surface area (Å²) in [6, 6.07) is 8.09. The number of carboxylic acid groups (broad SMARTS) is 2. The third kappa shape index (κ3) is 6.09. The summed E-state index contributed by atoms with van der Waals surface area (Å²) in [4.78, 5) is 40.0. The van der Waals surface area contributed by atoms with Crippen LogP contribution in [0.2, 0.25) is 0 Å². The normalized spacial score (nSPS) is 13.0.